The first-order valence-corrected chi connectivity index (χ1v) is 10.8. The standard InChI is InChI=1S/C20H30N4OS.HI/c1-2-21-20(23-14-18-5-4-12-26-18)22-13-16-7-9-17(10-8-16)15-24-11-3-6-19(24)25;/h7-10,18H,2-6,11-15H2,1H3,(H2,21,22,23);1H. The molecule has 27 heavy (non-hydrogen) atoms. The predicted octanol–water partition coefficient (Wildman–Crippen LogP) is 3.38. The number of carbonyl (C=O) groups excluding carboxylic acids is 1. The summed E-state index contributed by atoms with van der Waals surface area (Å²) in [4.78, 5) is 18.4. The highest BCUT2D eigenvalue weighted by atomic mass is 127. The van der Waals surface area contributed by atoms with Crippen LogP contribution in [0.2, 0.25) is 0 Å². The second kappa shape index (κ2) is 11.8. The van der Waals surface area contributed by atoms with Crippen LogP contribution in [0.1, 0.15) is 43.7 Å². The van der Waals surface area contributed by atoms with Gasteiger partial charge >= 0.3 is 0 Å². The number of nitrogens with zero attached hydrogens (tertiary/aromatic N) is 2. The molecule has 1 unspecified atom stereocenters. The monoisotopic (exact) mass is 502 g/mol. The van der Waals surface area contributed by atoms with Gasteiger partial charge in [-0.15, -0.1) is 24.0 Å². The lowest BCUT2D eigenvalue weighted by atomic mass is 10.1. The van der Waals surface area contributed by atoms with Crippen molar-refractivity contribution in [1.29, 1.82) is 0 Å². The summed E-state index contributed by atoms with van der Waals surface area (Å²) < 4.78 is 0. The van der Waals surface area contributed by atoms with Crippen molar-refractivity contribution < 1.29 is 4.79 Å². The summed E-state index contributed by atoms with van der Waals surface area (Å²) in [6.07, 6.45) is 4.33. The van der Waals surface area contributed by atoms with Gasteiger partial charge in [0.15, 0.2) is 5.96 Å². The first-order chi connectivity index (χ1) is 12.7. The van der Waals surface area contributed by atoms with E-state index in [2.05, 4.69) is 53.6 Å². The van der Waals surface area contributed by atoms with Crippen LogP contribution >= 0.6 is 35.7 Å². The Bertz CT molecular complexity index is 617. The van der Waals surface area contributed by atoms with Gasteiger partial charge in [0.25, 0.3) is 0 Å². The second-order valence-corrected chi connectivity index (χ2v) is 8.35. The fourth-order valence-electron chi connectivity index (χ4n) is 3.37. The minimum Gasteiger partial charge on any atom is -0.357 e. The fraction of sp³-hybridized carbons (Fsp3) is 0.600. The summed E-state index contributed by atoms with van der Waals surface area (Å²) >= 11 is 2.06. The number of benzene rings is 1. The smallest absolute Gasteiger partial charge is 0.222 e. The van der Waals surface area contributed by atoms with E-state index in [0.29, 0.717) is 18.2 Å². The number of hydrogen-bond donors (Lipinski definition) is 2. The van der Waals surface area contributed by atoms with Gasteiger partial charge in [0.05, 0.1) is 6.54 Å². The van der Waals surface area contributed by atoms with Crippen molar-refractivity contribution in [2.24, 2.45) is 4.99 Å². The van der Waals surface area contributed by atoms with E-state index in [4.69, 9.17) is 4.99 Å². The summed E-state index contributed by atoms with van der Waals surface area (Å²) in [5.41, 5.74) is 2.38. The largest absolute Gasteiger partial charge is 0.357 e. The number of thioether (sulfide) groups is 1. The second-order valence-electron chi connectivity index (χ2n) is 6.95. The van der Waals surface area contributed by atoms with E-state index in [1.165, 1.54) is 29.7 Å². The molecular weight excluding hydrogens is 471 g/mol. The van der Waals surface area contributed by atoms with Crippen molar-refractivity contribution in [2.75, 3.05) is 25.4 Å². The van der Waals surface area contributed by atoms with Gasteiger partial charge < -0.3 is 15.5 Å². The molecular formula is C20H31IN4OS. The maximum Gasteiger partial charge on any atom is 0.222 e. The van der Waals surface area contributed by atoms with Crippen LogP contribution in [0.4, 0.5) is 0 Å². The average Bonchev–Trinajstić information content (AvgIpc) is 3.31. The number of halogens is 1. The fourth-order valence-corrected chi connectivity index (χ4v) is 4.57. The maximum absolute atomic E-state index is 11.7. The molecule has 3 rings (SSSR count). The van der Waals surface area contributed by atoms with Gasteiger partial charge in [-0.3, -0.25) is 4.79 Å². The number of hydrogen-bond acceptors (Lipinski definition) is 3. The Morgan fingerprint density at radius 1 is 1.22 bits per heavy atom. The molecule has 7 heteroatoms. The molecule has 1 aromatic carbocycles. The molecule has 0 aliphatic carbocycles. The first-order valence-electron chi connectivity index (χ1n) is 9.74. The van der Waals surface area contributed by atoms with Crippen LogP contribution in [-0.2, 0) is 17.9 Å². The van der Waals surface area contributed by atoms with E-state index in [1.54, 1.807) is 0 Å². The van der Waals surface area contributed by atoms with Crippen molar-refractivity contribution >= 4 is 47.6 Å². The highest BCUT2D eigenvalue weighted by Gasteiger charge is 2.19. The highest BCUT2D eigenvalue weighted by molar-refractivity contribution is 14.0. The van der Waals surface area contributed by atoms with E-state index in [-0.39, 0.29) is 29.9 Å². The number of guanidine groups is 1. The molecule has 2 heterocycles. The summed E-state index contributed by atoms with van der Waals surface area (Å²) in [5, 5.41) is 7.51. The van der Waals surface area contributed by atoms with Crippen molar-refractivity contribution in [2.45, 2.75) is 50.9 Å². The average molecular weight is 502 g/mol. The molecule has 0 radical (unpaired) electrons. The van der Waals surface area contributed by atoms with E-state index >= 15 is 0 Å². The molecule has 0 spiro atoms. The number of carbonyl (C=O) groups is 1. The third-order valence-electron chi connectivity index (χ3n) is 4.85. The maximum atomic E-state index is 11.7. The normalized spacial score (nSPS) is 19.9. The van der Waals surface area contributed by atoms with E-state index in [1.807, 2.05) is 4.90 Å². The van der Waals surface area contributed by atoms with Gasteiger partial charge in [-0.2, -0.15) is 11.8 Å². The van der Waals surface area contributed by atoms with Crippen LogP contribution in [0, 0.1) is 0 Å². The Hall–Kier alpha value is -0.960. The van der Waals surface area contributed by atoms with Gasteiger partial charge in [-0.25, -0.2) is 4.99 Å². The Labute approximate surface area is 184 Å². The molecule has 1 amide bonds. The van der Waals surface area contributed by atoms with Crippen molar-refractivity contribution in [1.82, 2.24) is 15.5 Å². The van der Waals surface area contributed by atoms with Gasteiger partial charge in [-0.05, 0) is 43.1 Å². The molecule has 1 atom stereocenters. The summed E-state index contributed by atoms with van der Waals surface area (Å²) in [6.45, 7) is 6.23. The van der Waals surface area contributed by atoms with E-state index in [9.17, 15) is 4.79 Å². The predicted molar refractivity (Wildman–Crippen MR) is 125 cm³/mol. The van der Waals surface area contributed by atoms with Crippen LogP contribution < -0.4 is 10.6 Å². The first kappa shape index (κ1) is 22.3. The minimum absolute atomic E-state index is 0. The lowest BCUT2D eigenvalue weighted by molar-refractivity contribution is -0.128. The van der Waals surface area contributed by atoms with Crippen LogP contribution in [-0.4, -0.2) is 47.4 Å². The van der Waals surface area contributed by atoms with Crippen LogP contribution in [0.15, 0.2) is 29.3 Å². The Kier molecular flexibility index (Phi) is 9.75. The summed E-state index contributed by atoms with van der Waals surface area (Å²) in [7, 11) is 0. The van der Waals surface area contributed by atoms with E-state index in [0.717, 1.165) is 38.6 Å². The van der Waals surface area contributed by atoms with Crippen LogP contribution in [0.25, 0.3) is 0 Å². The number of amides is 1. The molecule has 2 saturated heterocycles. The third-order valence-corrected chi connectivity index (χ3v) is 6.25. The number of aliphatic imine (C=N–C) groups is 1. The molecule has 0 aromatic heterocycles. The molecule has 2 N–H and O–H groups in total. The molecule has 1 aromatic rings. The SMILES string of the molecule is CCNC(=NCc1ccc(CN2CCCC2=O)cc1)NCC1CCCS1.I. The van der Waals surface area contributed by atoms with E-state index < -0.39 is 0 Å². The van der Waals surface area contributed by atoms with Crippen LogP contribution in [0.5, 0.6) is 0 Å². The lowest BCUT2D eigenvalue weighted by Gasteiger charge is -2.16. The zero-order valence-electron chi connectivity index (χ0n) is 16.1. The van der Waals surface area contributed by atoms with Crippen molar-refractivity contribution in [3.8, 4) is 0 Å². The van der Waals surface area contributed by atoms with Crippen LogP contribution in [0.3, 0.4) is 0 Å². The number of nitrogens with one attached hydrogen (secondary N) is 2. The van der Waals surface area contributed by atoms with Gasteiger partial charge in [0.1, 0.15) is 0 Å². The Morgan fingerprint density at radius 3 is 2.63 bits per heavy atom. The molecule has 150 valence electrons. The third kappa shape index (κ3) is 7.18. The minimum atomic E-state index is 0. The Balaban J connectivity index is 0.00000261. The molecule has 0 saturated carbocycles. The molecule has 2 aliphatic heterocycles. The number of rotatable bonds is 7. The molecule has 2 fully saturated rings. The zero-order valence-corrected chi connectivity index (χ0v) is 19.2. The summed E-state index contributed by atoms with van der Waals surface area (Å²) in [6, 6.07) is 8.48. The van der Waals surface area contributed by atoms with Gasteiger partial charge in [0.2, 0.25) is 5.91 Å². The highest BCUT2D eigenvalue weighted by Crippen LogP contribution is 2.25. The van der Waals surface area contributed by atoms with Gasteiger partial charge in [0, 0.05) is 37.8 Å². The Morgan fingerprint density at radius 2 is 2.00 bits per heavy atom. The quantitative estimate of drug-likeness (QED) is 0.341. The van der Waals surface area contributed by atoms with Crippen molar-refractivity contribution in [3.05, 3.63) is 35.4 Å². The molecule has 5 nitrogen and oxygen atoms in total. The number of likely N-dealkylation sites (tertiary alicyclic amines) is 1. The molecule has 0 bridgehead atoms. The molecule has 2 aliphatic rings. The lowest BCUT2D eigenvalue weighted by Crippen LogP contribution is -2.40. The zero-order chi connectivity index (χ0) is 18.2. The van der Waals surface area contributed by atoms with Crippen molar-refractivity contribution in [3.63, 3.8) is 0 Å². The van der Waals surface area contributed by atoms with Gasteiger partial charge in [-0.1, -0.05) is 24.3 Å². The topological polar surface area (TPSA) is 56.7 Å². The summed E-state index contributed by atoms with van der Waals surface area (Å²) in [5.74, 6) is 2.46.